The minimum Gasteiger partial charge on any atom is -0.872 e. The Balaban J connectivity index is -0.00000173. The number of carbonyl (C=O) groups excluding carboxylic acids is 4. The molecular weight excluding hydrogens is 2150 g/mol. The van der Waals surface area contributed by atoms with Gasteiger partial charge in [-0.3, -0.25) is 0 Å². The van der Waals surface area contributed by atoms with Crippen molar-refractivity contribution >= 4 is 93.0 Å². The molecule has 68 heteroatoms. The fourth-order valence-electron chi connectivity index (χ4n) is 7.24. The molecule has 0 radical (unpaired) electrons. The molecule has 0 saturated heterocycles. The number of hydrogen-bond donors (Lipinski definition) is 3. The molecule has 0 fully saturated rings. The molecule has 0 aliphatic carbocycles. The Morgan fingerprint density at radius 1 is 0.277 bits per heavy atom. The summed E-state index contributed by atoms with van der Waals surface area (Å²) in [6.45, 7) is 0. The number of benzene rings is 7. The average molecular weight is 2190 g/mol. The fraction of sp³-hybridized carbons (Fsp3) is 0.319. The third kappa shape index (κ3) is 28.8. The van der Waals surface area contributed by atoms with Crippen LogP contribution in [0.5, 0.6) is 5.75 Å². The van der Waals surface area contributed by atoms with E-state index in [4.69, 9.17) is 15.3 Å². The molecule has 0 spiro atoms. The van der Waals surface area contributed by atoms with Crippen molar-refractivity contribution in [2.75, 3.05) is 0 Å². The number of alkyl halides is 44. The molecular formula is C69H42F50O13S5. The lowest BCUT2D eigenvalue weighted by Crippen LogP contribution is -2.80. The molecule has 0 aliphatic rings. The van der Waals surface area contributed by atoms with Crippen molar-refractivity contribution in [1.82, 2.24) is 0 Å². The molecule has 0 heterocycles. The quantitative estimate of drug-likeness (QED) is 0.0278. The lowest BCUT2D eigenvalue weighted by molar-refractivity contribution is -0.492. The topological polar surface area (TPSA) is 261 Å². The molecule has 7 aromatic rings. The van der Waals surface area contributed by atoms with E-state index in [-0.39, 0.29) is 0 Å². The van der Waals surface area contributed by atoms with Crippen LogP contribution in [-0.2, 0) is 77.5 Å². The lowest BCUT2D eigenvalue weighted by atomic mass is 9.82. The molecule has 1 atom stereocenters. The summed E-state index contributed by atoms with van der Waals surface area (Å²) in [5.41, 5.74) is -8.27. The first kappa shape index (κ1) is 131. The first-order valence-corrected chi connectivity index (χ1v) is 34.8. The molecule has 0 aliphatic heterocycles. The van der Waals surface area contributed by atoms with Crippen LogP contribution in [0.25, 0.3) is 0 Å². The van der Waals surface area contributed by atoms with Gasteiger partial charge >= 0.3 is 125 Å². The monoisotopic (exact) mass is 2190 g/mol. The lowest BCUT2D eigenvalue weighted by Gasteiger charge is -2.47. The highest BCUT2D eigenvalue weighted by Gasteiger charge is 3.02. The van der Waals surface area contributed by atoms with Gasteiger partial charge in [0.1, 0.15) is 36.3 Å². The number of rotatable bonds is 20. The van der Waals surface area contributed by atoms with Crippen LogP contribution in [0.3, 0.4) is 0 Å². The highest BCUT2D eigenvalue weighted by atomic mass is 32.1. The van der Waals surface area contributed by atoms with Crippen LogP contribution in [0, 0.1) is 34.9 Å². The minimum atomic E-state index is -10.4. The van der Waals surface area contributed by atoms with Crippen LogP contribution in [0.1, 0.15) is 20.7 Å². The maximum Gasteiger partial charge on any atom is 0.460 e. The molecule has 0 saturated carbocycles. The Bertz CT molecular complexity index is 4800. The Hall–Kier alpha value is -10.1. The van der Waals surface area contributed by atoms with Crippen molar-refractivity contribution in [2.45, 2.75) is 156 Å². The highest BCUT2D eigenvalue weighted by Crippen LogP contribution is 2.71. The standard InChI is InChI=1S/C18HF35O2.C7HF5O2.C7H5FO3.5C6H6S.C4H2F6O3.C3H3F3O3/c19-2(20,1(54)55)3(21,22)4(23,24)5(25,26)6(27,28)7(29,30)8(31,32)9(33,34)10(35,36)11(37,38)12(39,40)13(41,42)14(43,44)15(45,46)16(47,48)17(49,50)18(51,52)53;8-2-1(7(13)14)3(9)5(11)6(12)4(2)10;8-6-3-4(9)1-2-5(6)7(10)11;5*7-6-4-2-1-3-5-6;5-3(6,7)2(13,1(11)12)4(8,9)10;4-3(5,6)1(7)2(8)9/h(H,54,55);(H,13,14);1-3,9H,(H,10,11);5*1-5,7H;13H,(H,11,12);1,7H,(H,8,9). The fourth-order valence-corrected chi connectivity index (χ4v) is 8.20. The normalized spacial score (nSPS) is 13.3. The van der Waals surface area contributed by atoms with Crippen molar-refractivity contribution in [2.24, 2.45) is 0 Å². The number of carboxylic acids is 5. The Morgan fingerprint density at radius 3 is 0.599 bits per heavy atom. The van der Waals surface area contributed by atoms with Gasteiger partial charge in [-0.1, -0.05) is 97.1 Å². The van der Waals surface area contributed by atoms with Crippen LogP contribution in [0.4, 0.5) is 220 Å². The van der Waals surface area contributed by atoms with Crippen molar-refractivity contribution < 1.29 is 284 Å². The predicted octanol–water partition coefficient (Wildman–Crippen LogP) is 14.3. The first-order valence-electron chi connectivity index (χ1n) is 32.3. The summed E-state index contributed by atoms with van der Waals surface area (Å²) in [5, 5.41) is 72.9. The zero-order valence-corrected chi connectivity index (χ0v) is 68.6. The van der Waals surface area contributed by atoms with E-state index in [1.54, 1.807) is 0 Å². The van der Waals surface area contributed by atoms with Gasteiger partial charge in [-0.05, 0) is 136 Å². The van der Waals surface area contributed by atoms with E-state index in [2.05, 4.69) is 63.1 Å². The van der Waals surface area contributed by atoms with Crippen LogP contribution in [-0.4, -0.2) is 176 Å². The number of aliphatic hydroxyl groups excluding tert-OH is 1. The molecule has 3 N–H and O–H groups in total. The zero-order valence-electron chi connectivity index (χ0n) is 63.6. The van der Waals surface area contributed by atoms with E-state index in [0.717, 1.165) is 36.6 Å². The Morgan fingerprint density at radius 2 is 0.474 bits per heavy atom. The summed E-state index contributed by atoms with van der Waals surface area (Å²) in [7, 11) is 0. The number of aromatic carboxylic acids is 2. The largest absolute Gasteiger partial charge is 0.872 e. The van der Waals surface area contributed by atoms with Gasteiger partial charge in [-0.2, -0.15) is 193 Å². The molecule has 137 heavy (non-hydrogen) atoms. The van der Waals surface area contributed by atoms with E-state index in [0.29, 0.717) is 6.07 Å². The smallest absolute Gasteiger partial charge is 0.460 e. The van der Waals surface area contributed by atoms with Gasteiger partial charge in [0.05, 0.1) is 29.0 Å². The van der Waals surface area contributed by atoms with Crippen molar-refractivity contribution in [3.63, 3.8) is 0 Å². The van der Waals surface area contributed by atoms with E-state index in [9.17, 15) is 269 Å². The number of hydrogen-bond acceptors (Lipinski definition) is 12. The second-order valence-corrected chi connectivity index (χ2v) is 27.1. The number of carbonyl (C=O) groups is 5. The zero-order chi connectivity index (χ0) is 110. The van der Waals surface area contributed by atoms with E-state index in [1.165, 1.54) is 0 Å². The summed E-state index contributed by atoms with van der Waals surface area (Å²) < 4.78 is 644. The maximum absolute atomic E-state index is 13.8. The SMILES string of the molecule is O=C(O)c1ccc([O-])cc1F.O=C([O-])C(F)(F)C(F)(F)C(F)(F)C(F)(F)C(F)(F)C(F)(F)C(F)(F)C(F)(F)C(F)(F)C(F)(F)C(F)(F)C(F)(F)C(F)(F)C(F)(F)C(F)(F)C(F)(F)C(F)(F)F.O=C([O-])C(O)(C(F)(F)F)C(F)(F)F.O=C([O-])C(O)C(F)(F)F.O=C([O-])c1c(F)c(F)c(F)c(F)c1F.[SH2+]c1ccccc1.[SH2+]c1ccccc1.[SH2+]c1ccccc1.[SH2+]c1ccccc1.[SH2+]c1ccccc1. The summed E-state index contributed by atoms with van der Waals surface area (Å²) in [4.78, 5) is 54.5. The van der Waals surface area contributed by atoms with Crippen LogP contribution >= 0.6 is 0 Å². The average Bonchev–Trinajstić information content (AvgIpc) is 0.674. The van der Waals surface area contributed by atoms with Gasteiger partial charge in [0.15, 0.2) is 29.4 Å². The predicted molar refractivity (Wildman–Crippen MR) is 367 cm³/mol. The number of carboxylic acid groups (broad SMARTS) is 5. The molecule has 0 aromatic heterocycles. The maximum atomic E-state index is 13.8. The van der Waals surface area contributed by atoms with Gasteiger partial charge in [0, 0.05) is 0 Å². The molecule has 1 unspecified atom stereocenters. The second kappa shape index (κ2) is 47.2. The van der Waals surface area contributed by atoms with Crippen molar-refractivity contribution in [1.29, 1.82) is 0 Å². The first-order chi connectivity index (χ1) is 60.7. The van der Waals surface area contributed by atoms with E-state index < -0.39 is 213 Å². The third-order valence-electron chi connectivity index (χ3n) is 14.6. The van der Waals surface area contributed by atoms with Crippen LogP contribution in [0.15, 0.2) is 194 Å². The molecule has 0 bridgehead atoms. The van der Waals surface area contributed by atoms with Crippen LogP contribution < -0.4 is 25.5 Å². The minimum absolute atomic E-state index is 0.482. The Kier molecular flexibility index (Phi) is 45.1. The highest BCUT2D eigenvalue weighted by molar-refractivity contribution is 7.59. The molecule has 13 nitrogen and oxygen atoms in total. The third-order valence-corrected chi connectivity index (χ3v) is 16.3. The van der Waals surface area contributed by atoms with Crippen LogP contribution in [0.2, 0.25) is 0 Å². The number of aliphatic carboxylic acids is 3. The van der Waals surface area contributed by atoms with Gasteiger partial charge in [0.25, 0.3) is 5.60 Å². The van der Waals surface area contributed by atoms with Gasteiger partial charge in [0.2, 0.25) is 5.82 Å². The summed E-state index contributed by atoms with van der Waals surface area (Å²) >= 11 is 16.8. The molecule has 776 valence electrons. The van der Waals surface area contributed by atoms with Gasteiger partial charge in [-0.25, -0.2) is 31.1 Å². The van der Waals surface area contributed by atoms with E-state index >= 15 is 0 Å². The van der Waals surface area contributed by atoms with E-state index in [1.807, 2.05) is 152 Å². The summed E-state index contributed by atoms with van der Waals surface area (Å²) in [6, 6.07) is 52.4. The van der Waals surface area contributed by atoms with Gasteiger partial charge < -0.3 is 60.0 Å². The van der Waals surface area contributed by atoms with Crippen molar-refractivity contribution in [3.05, 3.63) is 216 Å². The van der Waals surface area contributed by atoms with Crippen molar-refractivity contribution in [3.8, 4) is 5.75 Å². The summed E-state index contributed by atoms with van der Waals surface area (Å²) in [6.07, 6.45) is -29.7. The summed E-state index contributed by atoms with van der Waals surface area (Å²) in [5.74, 6) is -185. The number of aliphatic hydroxyl groups is 2. The molecule has 7 aromatic carbocycles. The molecule has 7 rings (SSSR count). The number of halogens is 50. The second-order valence-electron chi connectivity index (χ2n) is 24.2. The Labute approximate surface area is 752 Å². The molecule has 0 amide bonds. The van der Waals surface area contributed by atoms with Gasteiger partial charge in [-0.15, -0.1) is 5.75 Å².